The van der Waals surface area contributed by atoms with E-state index in [0.29, 0.717) is 12.1 Å². The Morgan fingerprint density at radius 3 is 2.40 bits per heavy atom. The third kappa shape index (κ3) is 3.20. The summed E-state index contributed by atoms with van der Waals surface area (Å²) in [5.41, 5.74) is 2.98. The molecular formula is C16H19NO3. The van der Waals surface area contributed by atoms with Crippen LogP contribution < -0.4 is 5.32 Å². The topological polar surface area (TPSA) is 62.5 Å². The van der Waals surface area contributed by atoms with Gasteiger partial charge in [0.2, 0.25) is 5.76 Å². The van der Waals surface area contributed by atoms with Crippen molar-refractivity contribution in [1.82, 2.24) is 0 Å². The zero-order valence-corrected chi connectivity index (χ0v) is 11.9. The second kappa shape index (κ2) is 5.41. The van der Waals surface area contributed by atoms with Crippen LogP contribution in [0, 0.1) is 0 Å². The molecule has 0 fully saturated rings. The number of nitrogens with one attached hydrogen (secondary N) is 1. The van der Waals surface area contributed by atoms with Crippen molar-refractivity contribution in [1.29, 1.82) is 0 Å². The minimum Gasteiger partial charge on any atom is -0.475 e. The Morgan fingerprint density at radius 1 is 1.20 bits per heavy atom. The molecule has 4 nitrogen and oxygen atoms in total. The molecule has 1 heterocycles. The van der Waals surface area contributed by atoms with E-state index in [2.05, 4.69) is 38.2 Å². The number of carboxylic acids is 1. The van der Waals surface area contributed by atoms with E-state index in [1.54, 1.807) is 6.07 Å². The maximum Gasteiger partial charge on any atom is 0.372 e. The molecule has 4 heteroatoms. The maximum atomic E-state index is 10.9. The first-order valence-corrected chi connectivity index (χ1v) is 6.52. The quantitative estimate of drug-likeness (QED) is 0.887. The Hall–Kier alpha value is -2.23. The molecular weight excluding hydrogens is 254 g/mol. The number of carboxylic acid groups (broad SMARTS) is 1. The summed E-state index contributed by atoms with van der Waals surface area (Å²) in [4.78, 5) is 10.9. The van der Waals surface area contributed by atoms with Crippen molar-refractivity contribution in [3.05, 3.63) is 53.5 Å². The maximum absolute atomic E-state index is 10.9. The summed E-state index contributed by atoms with van der Waals surface area (Å²) >= 11 is 0. The highest BCUT2D eigenvalue weighted by Crippen LogP contribution is 2.23. The van der Waals surface area contributed by atoms with Gasteiger partial charge < -0.3 is 14.8 Å². The number of carbonyl (C=O) groups is 1. The molecule has 0 amide bonds. The van der Waals surface area contributed by atoms with Crippen molar-refractivity contribution in [2.45, 2.75) is 32.7 Å². The summed E-state index contributed by atoms with van der Waals surface area (Å²) in [5, 5.41) is 12.2. The van der Waals surface area contributed by atoms with E-state index in [-0.39, 0.29) is 11.2 Å². The second-order valence-corrected chi connectivity index (χ2v) is 5.76. The summed E-state index contributed by atoms with van der Waals surface area (Å²) in [7, 11) is 0. The number of hydrogen-bond donors (Lipinski definition) is 2. The fourth-order valence-corrected chi connectivity index (χ4v) is 1.95. The fraction of sp³-hybridized carbons (Fsp3) is 0.312. The molecule has 106 valence electrons. The lowest BCUT2D eigenvalue weighted by Gasteiger charge is -2.19. The lowest BCUT2D eigenvalue weighted by atomic mass is 9.87. The summed E-state index contributed by atoms with van der Waals surface area (Å²) in [6.07, 6.45) is 1.39. The van der Waals surface area contributed by atoms with Crippen LogP contribution in [0.2, 0.25) is 0 Å². The molecule has 20 heavy (non-hydrogen) atoms. The first-order valence-electron chi connectivity index (χ1n) is 6.52. The Kier molecular flexibility index (Phi) is 3.84. The van der Waals surface area contributed by atoms with Crippen molar-refractivity contribution in [2.75, 3.05) is 5.32 Å². The minimum atomic E-state index is -1.05. The molecule has 0 spiro atoms. The van der Waals surface area contributed by atoms with Crippen LogP contribution in [-0.2, 0) is 12.0 Å². The van der Waals surface area contributed by atoms with Crippen LogP contribution in [0.5, 0.6) is 0 Å². The molecule has 2 rings (SSSR count). The molecule has 0 unspecified atom stereocenters. The van der Waals surface area contributed by atoms with E-state index in [4.69, 9.17) is 9.52 Å². The lowest BCUT2D eigenvalue weighted by molar-refractivity contribution is 0.0661. The van der Waals surface area contributed by atoms with Gasteiger partial charge in [-0.3, -0.25) is 0 Å². The summed E-state index contributed by atoms with van der Waals surface area (Å²) in [5.74, 6) is -1.06. The summed E-state index contributed by atoms with van der Waals surface area (Å²) in [6.45, 7) is 6.92. The normalized spacial score (nSPS) is 11.3. The number of aromatic carboxylic acids is 1. The van der Waals surface area contributed by atoms with Crippen LogP contribution in [-0.4, -0.2) is 11.1 Å². The largest absolute Gasteiger partial charge is 0.475 e. The highest BCUT2D eigenvalue weighted by molar-refractivity contribution is 5.86. The fourth-order valence-electron chi connectivity index (χ4n) is 1.95. The number of anilines is 1. The zero-order valence-electron chi connectivity index (χ0n) is 11.9. The molecule has 0 atom stereocenters. The van der Waals surface area contributed by atoms with Crippen molar-refractivity contribution < 1.29 is 14.3 Å². The van der Waals surface area contributed by atoms with Crippen molar-refractivity contribution >= 4 is 11.7 Å². The van der Waals surface area contributed by atoms with Crippen molar-refractivity contribution in [2.24, 2.45) is 0 Å². The van der Waals surface area contributed by atoms with Gasteiger partial charge in [-0.15, -0.1) is 0 Å². The standard InChI is InChI=1S/C16H19NO3/c1-16(2,3)12-4-6-13(7-5-12)17-10-11-8-9-20-14(11)15(18)19/h4-9,17H,10H2,1-3H3,(H,18,19). The van der Waals surface area contributed by atoms with Crippen LogP contribution in [0.4, 0.5) is 5.69 Å². The smallest absolute Gasteiger partial charge is 0.372 e. The Bertz CT molecular complexity index is 591. The SMILES string of the molecule is CC(C)(C)c1ccc(NCc2ccoc2C(=O)O)cc1. The van der Waals surface area contributed by atoms with E-state index in [1.165, 1.54) is 11.8 Å². The number of rotatable bonds is 4. The van der Waals surface area contributed by atoms with Crippen molar-refractivity contribution in [3.8, 4) is 0 Å². The molecule has 0 saturated heterocycles. The van der Waals surface area contributed by atoms with Crippen LogP contribution in [0.3, 0.4) is 0 Å². The third-order valence-electron chi connectivity index (χ3n) is 3.17. The first-order chi connectivity index (χ1) is 9.38. The van der Waals surface area contributed by atoms with Crippen LogP contribution >= 0.6 is 0 Å². The van der Waals surface area contributed by atoms with Gasteiger partial charge in [0.1, 0.15) is 0 Å². The average molecular weight is 273 g/mol. The highest BCUT2D eigenvalue weighted by atomic mass is 16.4. The van der Waals surface area contributed by atoms with Crippen LogP contribution in [0.1, 0.15) is 42.5 Å². The van der Waals surface area contributed by atoms with E-state index < -0.39 is 5.97 Å². The third-order valence-corrected chi connectivity index (χ3v) is 3.17. The van der Waals surface area contributed by atoms with Gasteiger partial charge in [0.15, 0.2) is 0 Å². The number of furan rings is 1. The van der Waals surface area contributed by atoms with E-state index in [0.717, 1.165) is 5.69 Å². The molecule has 0 aliphatic carbocycles. The van der Waals surface area contributed by atoms with Crippen LogP contribution in [0.25, 0.3) is 0 Å². The van der Waals surface area contributed by atoms with Gasteiger partial charge in [-0.2, -0.15) is 0 Å². The lowest BCUT2D eigenvalue weighted by Crippen LogP contribution is -2.11. The summed E-state index contributed by atoms with van der Waals surface area (Å²) in [6, 6.07) is 9.83. The Labute approximate surface area is 118 Å². The van der Waals surface area contributed by atoms with Gasteiger partial charge in [-0.25, -0.2) is 4.79 Å². The monoisotopic (exact) mass is 273 g/mol. The van der Waals surface area contributed by atoms with Gasteiger partial charge in [0.05, 0.1) is 6.26 Å². The predicted octanol–water partition coefficient (Wildman–Crippen LogP) is 3.89. The van der Waals surface area contributed by atoms with Gasteiger partial charge in [-0.1, -0.05) is 32.9 Å². The van der Waals surface area contributed by atoms with Gasteiger partial charge >= 0.3 is 5.97 Å². The molecule has 2 aromatic rings. The molecule has 0 aliphatic heterocycles. The Morgan fingerprint density at radius 2 is 1.85 bits per heavy atom. The zero-order chi connectivity index (χ0) is 14.8. The van der Waals surface area contributed by atoms with Gasteiger partial charge in [0.25, 0.3) is 0 Å². The second-order valence-electron chi connectivity index (χ2n) is 5.76. The van der Waals surface area contributed by atoms with Gasteiger partial charge in [-0.05, 0) is 29.2 Å². The van der Waals surface area contributed by atoms with E-state index >= 15 is 0 Å². The van der Waals surface area contributed by atoms with Crippen molar-refractivity contribution in [3.63, 3.8) is 0 Å². The molecule has 1 aromatic heterocycles. The molecule has 0 radical (unpaired) electrons. The summed E-state index contributed by atoms with van der Waals surface area (Å²) < 4.78 is 4.94. The molecule has 0 bridgehead atoms. The average Bonchev–Trinajstić information content (AvgIpc) is 2.84. The van der Waals surface area contributed by atoms with E-state index in [1.807, 2.05) is 12.1 Å². The predicted molar refractivity (Wildman–Crippen MR) is 78.1 cm³/mol. The number of benzene rings is 1. The Balaban J connectivity index is 2.04. The van der Waals surface area contributed by atoms with Gasteiger partial charge in [0, 0.05) is 17.8 Å². The highest BCUT2D eigenvalue weighted by Gasteiger charge is 2.14. The van der Waals surface area contributed by atoms with E-state index in [9.17, 15) is 4.79 Å². The molecule has 2 N–H and O–H groups in total. The molecule has 1 aromatic carbocycles. The van der Waals surface area contributed by atoms with Crippen LogP contribution in [0.15, 0.2) is 41.0 Å². The first kappa shape index (κ1) is 14.2. The molecule has 0 aliphatic rings. The molecule has 0 saturated carbocycles. The minimum absolute atomic E-state index is 0.0104. The number of hydrogen-bond acceptors (Lipinski definition) is 3.